The van der Waals surface area contributed by atoms with Crippen molar-refractivity contribution in [1.82, 2.24) is 10.6 Å². The summed E-state index contributed by atoms with van der Waals surface area (Å²) in [5.41, 5.74) is 0. The van der Waals surface area contributed by atoms with Crippen LogP contribution in [0.2, 0.25) is 0 Å². The van der Waals surface area contributed by atoms with Gasteiger partial charge in [0.1, 0.15) is 36.6 Å². The number of hydrogen-bond acceptors (Lipinski definition) is 10. The minimum Gasteiger partial charge on any atom is -0.394 e. The lowest BCUT2D eigenvalue weighted by molar-refractivity contribution is -0.227. The molecule has 29 heavy (non-hydrogen) atoms. The largest absolute Gasteiger partial charge is 0.394 e. The molecule has 12 nitrogen and oxygen atoms in total. The number of aliphatic hydroxyl groups excluding tert-OH is 6. The number of carbonyl (C=O) groups excluding carboxylic acids is 2. The van der Waals surface area contributed by atoms with Gasteiger partial charge < -0.3 is 50.7 Å². The van der Waals surface area contributed by atoms with Crippen molar-refractivity contribution in [3.8, 4) is 0 Å². The third kappa shape index (κ3) is 5.41. The second kappa shape index (κ2) is 10.1. The lowest BCUT2D eigenvalue weighted by Crippen LogP contribution is -2.68. The number of ether oxygens (including phenoxy) is 2. The van der Waals surface area contributed by atoms with Gasteiger partial charge in [0.25, 0.3) is 0 Å². The predicted octanol–water partition coefficient (Wildman–Crippen LogP) is -4.65. The van der Waals surface area contributed by atoms with Crippen LogP contribution in [0.4, 0.5) is 0 Å². The van der Waals surface area contributed by atoms with Crippen LogP contribution in [0.1, 0.15) is 20.3 Å². The summed E-state index contributed by atoms with van der Waals surface area (Å²) in [6, 6.07) is -2.13. The molecular weight excluding hydrogens is 392 g/mol. The van der Waals surface area contributed by atoms with Gasteiger partial charge in [-0.1, -0.05) is 0 Å². The molecule has 0 saturated carbocycles. The molecule has 2 saturated heterocycles. The van der Waals surface area contributed by atoms with Crippen LogP contribution in [-0.2, 0) is 19.1 Å². The third-order valence-electron chi connectivity index (χ3n) is 5.26. The maximum Gasteiger partial charge on any atom is 0.217 e. The minimum absolute atomic E-state index is 0.101. The van der Waals surface area contributed by atoms with Gasteiger partial charge >= 0.3 is 0 Å². The summed E-state index contributed by atoms with van der Waals surface area (Å²) in [6.45, 7) is 1.24. The summed E-state index contributed by atoms with van der Waals surface area (Å²) in [4.78, 5) is 23.1. The summed E-state index contributed by atoms with van der Waals surface area (Å²) in [7, 11) is 0. The van der Waals surface area contributed by atoms with Crippen molar-refractivity contribution in [2.24, 2.45) is 0 Å². The molecule has 0 aliphatic carbocycles. The fourth-order valence-electron chi connectivity index (χ4n) is 3.85. The first-order valence-corrected chi connectivity index (χ1v) is 9.39. The second-order valence-electron chi connectivity index (χ2n) is 7.44. The molecule has 2 amide bonds. The molecule has 10 atom stereocenters. The zero-order valence-corrected chi connectivity index (χ0v) is 16.2. The highest BCUT2D eigenvalue weighted by molar-refractivity contribution is 5.73. The van der Waals surface area contributed by atoms with Gasteiger partial charge in [-0.25, -0.2) is 0 Å². The van der Waals surface area contributed by atoms with Crippen molar-refractivity contribution in [3.63, 3.8) is 0 Å². The molecule has 2 aliphatic rings. The normalized spacial score (nSPS) is 42.9. The van der Waals surface area contributed by atoms with Gasteiger partial charge in [-0.05, 0) is 0 Å². The Hall–Kier alpha value is -1.38. The average Bonchev–Trinajstić information content (AvgIpc) is 2.66. The Morgan fingerprint density at radius 1 is 0.690 bits per heavy atom. The van der Waals surface area contributed by atoms with Crippen LogP contribution in [0.25, 0.3) is 0 Å². The Balaban J connectivity index is 2.28. The molecule has 0 bridgehead atoms. The van der Waals surface area contributed by atoms with Crippen LogP contribution in [0.3, 0.4) is 0 Å². The van der Waals surface area contributed by atoms with Gasteiger partial charge in [0.2, 0.25) is 11.8 Å². The summed E-state index contributed by atoms with van der Waals surface area (Å²) >= 11 is 0. The molecule has 2 aliphatic heterocycles. The Bertz CT molecular complexity index is 530. The van der Waals surface area contributed by atoms with Crippen LogP contribution < -0.4 is 10.6 Å². The van der Waals surface area contributed by atoms with Crippen LogP contribution in [-0.4, -0.2) is 117 Å². The van der Waals surface area contributed by atoms with E-state index in [9.17, 15) is 40.2 Å². The Labute approximate surface area is 167 Å². The molecule has 2 heterocycles. The molecule has 0 aromatic carbocycles. The first kappa shape index (κ1) is 23.9. The third-order valence-corrected chi connectivity index (χ3v) is 5.26. The molecule has 2 unspecified atom stereocenters. The van der Waals surface area contributed by atoms with Gasteiger partial charge in [0.05, 0.1) is 37.5 Å². The van der Waals surface area contributed by atoms with E-state index >= 15 is 0 Å². The van der Waals surface area contributed by atoms with Crippen molar-refractivity contribution >= 4 is 11.8 Å². The highest BCUT2D eigenvalue weighted by Crippen LogP contribution is 2.30. The topological polar surface area (TPSA) is 198 Å². The highest BCUT2D eigenvalue weighted by Gasteiger charge is 2.49. The maximum absolute atomic E-state index is 11.6. The van der Waals surface area contributed by atoms with Crippen molar-refractivity contribution in [3.05, 3.63) is 0 Å². The van der Waals surface area contributed by atoms with E-state index in [0.29, 0.717) is 0 Å². The van der Waals surface area contributed by atoms with E-state index in [1.807, 2.05) is 0 Å². The number of rotatable bonds is 6. The van der Waals surface area contributed by atoms with E-state index in [4.69, 9.17) is 9.47 Å². The minimum atomic E-state index is -1.46. The predicted molar refractivity (Wildman–Crippen MR) is 95.3 cm³/mol. The second-order valence-corrected chi connectivity index (χ2v) is 7.44. The lowest BCUT2D eigenvalue weighted by atomic mass is 9.85. The molecular formula is C17H30N2O10. The number of aliphatic hydroxyl groups is 6. The van der Waals surface area contributed by atoms with E-state index in [2.05, 4.69) is 10.6 Å². The molecule has 0 aromatic heterocycles. The number of amides is 2. The fourth-order valence-corrected chi connectivity index (χ4v) is 3.85. The van der Waals surface area contributed by atoms with Crippen LogP contribution in [0, 0.1) is 0 Å². The smallest absolute Gasteiger partial charge is 0.217 e. The molecule has 0 radical (unpaired) electrons. The molecule has 0 aromatic rings. The molecule has 2 fully saturated rings. The molecule has 168 valence electrons. The summed E-state index contributed by atoms with van der Waals surface area (Å²) in [6.07, 6.45) is -10.1. The summed E-state index contributed by atoms with van der Waals surface area (Å²) < 4.78 is 11.3. The van der Waals surface area contributed by atoms with E-state index in [-0.39, 0.29) is 6.42 Å². The van der Waals surface area contributed by atoms with Gasteiger partial charge in [0, 0.05) is 20.3 Å². The summed E-state index contributed by atoms with van der Waals surface area (Å²) in [5, 5.41) is 64.8. The molecule has 12 heteroatoms. The van der Waals surface area contributed by atoms with Crippen molar-refractivity contribution in [2.45, 2.75) is 81.2 Å². The molecule has 0 spiro atoms. The monoisotopic (exact) mass is 422 g/mol. The maximum atomic E-state index is 11.6. The molecule has 8 N–H and O–H groups in total. The van der Waals surface area contributed by atoms with Crippen LogP contribution in [0.5, 0.6) is 0 Å². The van der Waals surface area contributed by atoms with Crippen molar-refractivity contribution < 1.29 is 49.7 Å². The summed E-state index contributed by atoms with van der Waals surface area (Å²) in [5.74, 6) is -0.993. The number of carbonyl (C=O) groups is 2. The van der Waals surface area contributed by atoms with E-state index in [0.717, 1.165) is 0 Å². The van der Waals surface area contributed by atoms with Crippen molar-refractivity contribution in [2.75, 3.05) is 13.2 Å². The van der Waals surface area contributed by atoms with Gasteiger partial charge in [0.15, 0.2) is 0 Å². The first-order chi connectivity index (χ1) is 13.6. The van der Waals surface area contributed by atoms with E-state index < -0.39 is 85.9 Å². The highest BCUT2D eigenvalue weighted by atomic mass is 16.5. The fraction of sp³-hybridized carbons (Fsp3) is 0.882. The van der Waals surface area contributed by atoms with Gasteiger partial charge in [-0.3, -0.25) is 9.59 Å². The molecule has 2 rings (SSSR count). The standard InChI is InChI=1S/C17H30N2O10/c1-6(22)18-12-8(28-10(4-20)14(24)16(12)26)3-9-13(19-7(2)23)17(27)15(25)11(5-21)29-9/h8-17,20-21,24-27H,3-5H2,1-2H3,(H,18,22)(H,19,23)/t8?,9?,10-,11-,12+,13+,14+,15+,16-,17-/m1/s1. The van der Waals surface area contributed by atoms with E-state index in [1.54, 1.807) is 0 Å². The zero-order valence-electron chi connectivity index (χ0n) is 16.2. The average molecular weight is 422 g/mol. The number of hydrogen-bond donors (Lipinski definition) is 8. The Morgan fingerprint density at radius 2 is 1.03 bits per heavy atom. The number of nitrogens with one attached hydrogen (secondary N) is 2. The SMILES string of the molecule is CC(=O)N[C@H]1C(CC2O[C@H](CO)[C@H](O)[C@H](O)[C@H]2NC(C)=O)O[C@H](CO)[C@H](O)[C@@H]1O. The van der Waals surface area contributed by atoms with Gasteiger partial charge in [-0.15, -0.1) is 0 Å². The Kier molecular flexibility index (Phi) is 8.31. The zero-order chi connectivity index (χ0) is 21.9. The quantitative estimate of drug-likeness (QED) is 0.206. The van der Waals surface area contributed by atoms with Crippen LogP contribution >= 0.6 is 0 Å². The van der Waals surface area contributed by atoms with Crippen LogP contribution in [0.15, 0.2) is 0 Å². The van der Waals surface area contributed by atoms with Gasteiger partial charge in [-0.2, -0.15) is 0 Å². The van der Waals surface area contributed by atoms with Crippen molar-refractivity contribution in [1.29, 1.82) is 0 Å². The Morgan fingerprint density at radius 3 is 1.31 bits per heavy atom. The first-order valence-electron chi connectivity index (χ1n) is 9.39. The van der Waals surface area contributed by atoms with E-state index in [1.165, 1.54) is 13.8 Å². The lowest BCUT2D eigenvalue weighted by Gasteiger charge is -2.47.